The molecule has 1 aromatic rings. The topological polar surface area (TPSA) is 110 Å². The molecule has 0 aliphatic heterocycles. The van der Waals surface area contributed by atoms with Gasteiger partial charge in [-0.05, 0) is 5.56 Å². The summed E-state index contributed by atoms with van der Waals surface area (Å²) in [6.07, 6.45) is 0. The Morgan fingerprint density at radius 3 is 2.33 bits per heavy atom. The number of nitro benzene ring substituents is 1. The first kappa shape index (κ1) is 13.3. The Labute approximate surface area is 102 Å². The smallest absolute Gasteiger partial charge is 0.376 e. The van der Waals surface area contributed by atoms with Gasteiger partial charge in [0.1, 0.15) is 5.92 Å². The van der Waals surface area contributed by atoms with Gasteiger partial charge in [0.05, 0.1) is 18.1 Å². The maximum atomic E-state index is 11.5. The average molecular weight is 248 g/mol. The third-order valence-electron chi connectivity index (χ3n) is 2.22. The van der Waals surface area contributed by atoms with Gasteiger partial charge >= 0.3 is 5.97 Å². The molecule has 1 unspecified atom stereocenters. The molecular formula is C11H8N2O5. The number of carbonyl (C=O) groups excluding carboxylic acids is 2. The summed E-state index contributed by atoms with van der Waals surface area (Å²) in [6.45, 7) is 0. The van der Waals surface area contributed by atoms with Crippen molar-refractivity contribution in [1.29, 1.82) is 5.26 Å². The zero-order valence-electron chi connectivity index (χ0n) is 9.32. The second-order valence-corrected chi connectivity index (χ2v) is 3.27. The van der Waals surface area contributed by atoms with Gasteiger partial charge in [-0.2, -0.15) is 5.26 Å². The van der Waals surface area contributed by atoms with Crippen LogP contribution in [0.1, 0.15) is 11.5 Å². The largest absolute Gasteiger partial charge is 0.463 e. The molecule has 0 saturated heterocycles. The van der Waals surface area contributed by atoms with Crippen molar-refractivity contribution in [2.24, 2.45) is 0 Å². The minimum absolute atomic E-state index is 0.166. The number of rotatable bonds is 4. The monoisotopic (exact) mass is 248 g/mol. The van der Waals surface area contributed by atoms with Crippen molar-refractivity contribution >= 4 is 17.4 Å². The normalized spacial score (nSPS) is 11.1. The molecule has 0 radical (unpaired) electrons. The first-order valence-corrected chi connectivity index (χ1v) is 4.77. The lowest BCUT2D eigenvalue weighted by Gasteiger charge is -2.06. The number of carbonyl (C=O) groups is 2. The van der Waals surface area contributed by atoms with Gasteiger partial charge in [-0.15, -0.1) is 0 Å². The van der Waals surface area contributed by atoms with Crippen LogP contribution in [0.15, 0.2) is 24.3 Å². The van der Waals surface area contributed by atoms with E-state index in [1.807, 2.05) is 0 Å². The molecule has 1 aromatic carbocycles. The van der Waals surface area contributed by atoms with E-state index in [1.165, 1.54) is 12.1 Å². The molecule has 18 heavy (non-hydrogen) atoms. The van der Waals surface area contributed by atoms with Gasteiger partial charge in [0.25, 0.3) is 11.5 Å². The SMILES string of the molecule is COC(=O)C(=O)C(C#N)c1ccc([N+](=O)[O-])cc1. The predicted molar refractivity (Wildman–Crippen MR) is 58.5 cm³/mol. The van der Waals surface area contributed by atoms with Crippen LogP contribution in [0.4, 0.5) is 5.69 Å². The summed E-state index contributed by atoms with van der Waals surface area (Å²) in [6, 6.07) is 6.49. The van der Waals surface area contributed by atoms with Crippen molar-refractivity contribution in [3.8, 4) is 6.07 Å². The number of Topliss-reactive ketones (excluding diaryl/α,β-unsaturated/α-hetero) is 1. The van der Waals surface area contributed by atoms with Gasteiger partial charge in [-0.1, -0.05) is 12.1 Å². The van der Waals surface area contributed by atoms with Crippen LogP contribution in [-0.4, -0.2) is 23.8 Å². The number of benzene rings is 1. The lowest BCUT2D eigenvalue weighted by molar-refractivity contribution is -0.384. The summed E-state index contributed by atoms with van der Waals surface area (Å²) in [5, 5.41) is 19.3. The highest BCUT2D eigenvalue weighted by Gasteiger charge is 2.27. The summed E-state index contributed by atoms with van der Waals surface area (Å²) in [7, 11) is 1.03. The van der Waals surface area contributed by atoms with E-state index in [-0.39, 0.29) is 11.3 Å². The van der Waals surface area contributed by atoms with E-state index in [0.717, 1.165) is 19.2 Å². The molecule has 0 aliphatic carbocycles. The number of hydrogen-bond acceptors (Lipinski definition) is 6. The highest BCUT2D eigenvalue weighted by atomic mass is 16.6. The van der Waals surface area contributed by atoms with Gasteiger partial charge < -0.3 is 4.74 Å². The fraction of sp³-hybridized carbons (Fsp3) is 0.182. The van der Waals surface area contributed by atoms with Crippen molar-refractivity contribution in [3.05, 3.63) is 39.9 Å². The number of methoxy groups -OCH3 is 1. The number of nitrogens with zero attached hydrogens (tertiary/aromatic N) is 2. The highest BCUT2D eigenvalue weighted by Crippen LogP contribution is 2.20. The summed E-state index contributed by atoms with van der Waals surface area (Å²) in [5.74, 6) is -3.45. The number of nitriles is 1. The Morgan fingerprint density at radius 2 is 1.94 bits per heavy atom. The fourth-order valence-electron chi connectivity index (χ4n) is 1.29. The molecule has 0 amide bonds. The molecule has 1 atom stereocenters. The Balaban J connectivity index is 3.04. The molecule has 0 bridgehead atoms. The Morgan fingerprint density at radius 1 is 1.39 bits per heavy atom. The van der Waals surface area contributed by atoms with E-state index in [4.69, 9.17) is 5.26 Å². The van der Waals surface area contributed by atoms with Crippen molar-refractivity contribution in [2.45, 2.75) is 5.92 Å². The predicted octanol–water partition coefficient (Wildman–Crippen LogP) is 0.944. The fourth-order valence-corrected chi connectivity index (χ4v) is 1.29. The van der Waals surface area contributed by atoms with E-state index in [2.05, 4.69) is 4.74 Å². The lowest BCUT2D eigenvalue weighted by Crippen LogP contribution is -2.22. The Kier molecular flexibility index (Phi) is 4.10. The van der Waals surface area contributed by atoms with Gasteiger partial charge in [0.2, 0.25) is 0 Å². The molecule has 7 nitrogen and oxygen atoms in total. The molecule has 7 heteroatoms. The first-order valence-electron chi connectivity index (χ1n) is 4.77. The molecule has 0 saturated carbocycles. The van der Waals surface area contributed by atoms with Gasteiger partial charge in [0, 0.05) is 12.1 Å². The van der Waals surface area contributed by atoms with Crippen LogP contribution in [0.5, 0.6) is 0 Å². The third kappa shape index (κ3) is 2.68. The van der Waals surface area contributed by atoms with Crippen LogP contribution in [0.3, 0.4) is 0 Å². The maximum Gasteiger partial charge on any atom is 0.376 e. The van der Waals surface area contributed by atoms with Crippen LogP contribution >= 0.6 is 0 Å². The highest BCUT2D eigenvalue weighted by molar-refractivity contribution is 6.36. The van der Waals surface area contributed by atoms with E-state index in [1.54, 1.807) is 6.07 Å². The summed E-state index contributed by atoms with van der Waals surface area (Å²) in [5.41, 5.74) is 0.0412. The van der Waals surface area contributed by atoms with E-state index in [0.29, 0.717) is 0 Å². The van der Waals surface area contributed by atoms with Gasteiger partial charge in [0.15, 0.2) is 0 Å². The van der Waals surface area contributed by atoms with E-state index < -0.39 is 22.6 Å². The number of ether oxygens (including phenoxy) is 1. The van der Waals surface area contributed by atoms with Crippen LogP contribution in [0.25, 0.3) is 0 Å². The average Bonchev–Trinajstić information content (AvgIpc) is 2.39. The zero-order valence-corrected chi connectivity index (χ0v) is 9.32. The first-order chi connectivity index (χ1) is 8.51. The number of non-ortho nitro benzene ring substituents is 1. The second kappa shape index (κ2) is 5.54. The third-order valence-corrected chi connectivity index (χ3v) is 2.22. The van der Waals surface area contributed by atoms with Crippen LogP contribution in [0.2, 0.25) is 0 Å². The summed E-state index contributed by atoms with van der Waals surface area (Å²) >= 11 is 0. The number of esters is 1. The van der Waals surface area contributed by atoms with Crippen LogP contribution < -0.4 is 0 Å². The van der Waals surface area contributed by atoms with Crippen LogP contribution in [0, 0.1) is 21.4 Å². The maximum absolute atomic E-state index is 11.5. The summed E-state index contributed by atoms with van der Waals surface area (Å²) < 4.78 is 4.23. The van der Waals surface area contributed by atoms with Crippen molar-refractivity contribution < 1.29 is 19.2 Å². The van der Waals surface area contributed by atoms with E-state index >= 15 is 0 Å². The van der Waals surface area contributed by atoms with Crippen LogP contribution in [-0.2, 0) is 14.3 Å². The van der Waals surface area contributed by atoms with Crippen molar-refractivity contribution in [1.82, 2.24) is 0 Å². The Hall–Kier alpha value is -2.75. The standard InChI is InChI=1S/C11H8N2O5/c1-18-11(15)10(14)9(6-12)7-2-4-8(5-3-7)13(16)17/h2-5,9H,1H3. The van der Waals surface area contributed by atoms with Gasteiger partial charge in [-0.25, -0.2) is 4.79 Å². The van der Waals surface area contributed by atoms with Crippen molar-refractivity contribution in [2.75, 3.05) is 7.11 Å². The molecule has 0 heterocycles. The zero-order chi connectivity index (χ0) is 13.7. The van der Waals surface area contributed by atoms with Crippen molar-refractivity contribution in [3.63, 3.8) is 0 Å². The minimum atomic E-state index is -1.32. The molecule has 0 N–H and O–H groups in total. The molecular weight excluding hydrogens is 240 g/mol. The molecule has 0 spiro atoms. The van der Waals surface area contributed by atoms with Gasteiger partial charge in [-0.3, -0.25) is 14.9 Å². The lowest BCUT2D eigenvalue weighted by atomic mass is 9.96. The minimum Gasteiger partial charge on any atom is -0.463 e. The quantitative estimate of drug-likeness (QED) is 0.339. The Bertz CT molecular complexity index is 529. The number of hydrogen-bond donors (Lipinski definition) is 0. The van der Waals surface area contributed by atoms with E-state index in [9.17, 15) is 19.7 Å². The molecule has 92 valence electrons. The number of ketones is 1. The number of nitro groups is 1. The second-order valence-electron chi connectivity index (χ2n) is 3.27. The molecule has 1 rings (SSSR count). The molecule has 0 aliphatic rings. The summed E-state index contributed by atoms with van der Waals surface area (Å²) in [4.78, 5) is 32.4. The molecule has 0 aromatic heterocycles. The molecule has 0 fully saturated rings.